The summed E-state index contributed by atoms with van der Waals surface area (Å²) in [6, 6.07) is 2.30. The van der Waals surface area contributed by atoms with Crippen LogP contribution >= 0.6 is 11.3 Å². The molecule has 0 amide bonds. The first-order chi connectivity index (χ1) is 14.4. The average molecular weight is 420 g/mol. The third-order valence-electron chi connectivity index (χ3n) is 6.47. The highest BCUT2D eigenvalue weighted by atomic mass is 32.1. The lowest BCUT2D eigenvalue weighted by atomic mass is 9.89. The van der Waals surface area contributed by atoms with Crippen LogP contribution < -0.4 is 0 Å². The van der Waals surface area contributed by atoms with Crippen molar-refractivity contribution in [2.24, 2.45) is 5.92 Å². The van der Waals surface area contributed by atoms with Crippen LogP contribution in [0.2, 0.25) is 0 Å². The summed E-state index contributed by atoms with van der Waals surface area (Å²) in [5.41, 5.74) is 1.46. The minimum Gasteiger partial charge on any atom is -0.143 e. The van der Waals surface area contributed by atoms with Crippen molar-refractivity contribution in [1.29, 1.82) is 0 Å². The molecule has 0 nitrogen and oxygen atoms in total. The van der Waals surface area contributed by atoms with E-state index in [2.05, 4.69) is 30.7 Å². The maximum Gasteiger partial charge on any atom is 0.0477 e. The van der Waals surface area contributed by atoms with Crippen LogP contribution in [0.1, 0.15) is 148 Å². The summed E-state index contributed by atoms with van der Waals surface area (Å²) in [6.07, 6.45) is 30.1. The minimum atomic E-state index is 0.898. The first-order valence-electron chi connectivity index (χ1n) is 13.3. The third kappa shape index (κ3) is 17.1. The van der Waals surface area contributed by atoms with Crippen LogP contribution in [0.3, 0.4) is 0 Å². The summed E-state index contributed by atoms with van der Waals surface area (Å²) in [6.45, 7) is 4.61. The number of rotatable bonds is 22. The highest BCUT2D eigenvalue weighted by molar-refractivity contribution is 7.07. The van der Waals surface area contributed by atoms with Crippen LogP contribution in [0.4, 0.5) is 0 Å². The molecule has 1 atom stereocenters. The van der Waals surface area contributed by atoms with Gasteiger partial charge in [0.05, 0.1) is 0 Å². The molecule has 0 aromatic carbocycles. The molecule has 1 rings (SSSR count). The lowest BCUT2D eigenvalue weighted by Crippen LogP contribution is -2.05. The molecule has 1 heteroatoms. The maximum absolute atomic E-state index is 3.48. The van der Waals surface area contributed by atoms with Crippen LogP contribution in [0.5, 0.6) is 0 Å². The van der Waals surface area contributed by atoms with Gasteiger partial charge in [0.25, 0.3) is 0 Å². The highest BCUT2D eigenvalue weighted by Crippen LogP contribution is 2.24. The Bertz CT molecular complexity index is 408. The first kappa shape index (κ1) is 26.7. The van der Waals surface area contributed by atoms with Gasteiger partial charge in [-0.1, -0.05) is 142 Å². The monoisotopic (exact) mass is 419 g/mol. The molecule has 169 valence electrons. The smallest absolute Gasteiger partial charge is 0.0477 e. The zero-order valence-corrected chi connectivity index (χ0v) is 20.8. The van der Waals surface area contributed by atoms with E-state index in [0.29, 0.717) is 0 Å². The Morgan fingerprint density at radius 1 is 0.621 bits per heavy atom. The van der Waals surface area contributed by atoms with Gasteiger partial charge in [-0.3, -0.25) is 0 Å². The van der Waals surface area contributed by atoms with Crippen LogP contribution in [0.15, 0.2) is 11.4 Å². The van der Waals surface area contributed by atoms with E-state index >= 15 is 0 Å². The molecule has 1 unspecified atom stereocenters. The van der Waals surface area contributed by atoms with E-state index in [4.69, 9.17) is 0 Å². The summed E-state index contributed by atoms with van der Waals surface area (Å²) < 4.78 is 0. The minimum absolute atomic E-state index is 0.898. The maximum atomic E-state index is 3.48. The molecule has 0 saturated heterocycles. The van der Waals surface area contributed by atoms with Crippen molar-refractivity contribution in [3.8, 4) is 0 Å². The average Bonchev–Trinajstić information content (AvgIpc) is 3.24. The van der Waals surface area contributed by atoms with Crippen molar-refractivity contribution in [2.45, 2.75) is 149 Å². The van der Waals surface area contributed by atoms with E-state index in [0.717, 1.165) is 5.92 Å². The lowest BCUT2D eigenvalue weighted by Gasteiger charge is -2.16. The molecule has 0 bridgehead atoms. The molecule has 0 aliphatic carbocycles. The molecule has 0 aliphatic heterocycles. The van der Waals surface area contributed by atoms with E-state index < -0.39 is 0 Å². The summed E-state index contributed by atoms with van der Waals surface area (Å²) in [4.78, 5) is 0. The van der Waals surface area contributed by atoms with Gasteiger partial charge < -0.3 is 0 Å². The zero-order chi connectivity index (χ0) is 20.8. The molecule has 0 fully saturated rings. The molecule has 0 saturated carbocycles. The van der Waals surface area contributed by atoms with Crippen LogP contribution in [0, 0.1) is 11.3 Å². The second-order valence-electron chi connectivity index (χ2n) is 9.35. The predicted molar refractivity (Wildman–Crippen MR) is 134 cm³/mol. The molecule has 0 N–H and O–H groups in total. The largest absolute Gasteiger partial charge is 0.143 e. The Hall–Kier alpha value is -0.300. The van der Waals surface area contributed by atoms with Crippen LogP contribution in [-0.4, -0.2) is 0 Å². The molecular formula is C28H51S. The third-order valence-corrected chi connectivity index (χ3v) is 7.12. The van der Waals surface area contributed by atoms with Crippen LogP contribution in [-0.2, 0) is 6.42 Å². The van der Waals surface area contributed by atoms with Gasteiger partial charge in [-0.25, -0.2) is 0 Å². The summed E-state index contributed by atoms with van der Waals surface area (Å²) in [5, 5.41) is 5.68. The molecule has 29 heavy (non-hydrogen) atoms. The molecule has 0 aliphatic rings. The van der Waals surface area contributed by atoms with Crippen molar-refractivity contribution < 1.29 is 0 Å². The zero-order valence-electron chi connectivity index (χ0n) is 20.0. The van der Waals surface area contributed by atoms with Gasteiger partial charge >= 0.3 is 0 Å². The van der Waals surface area contributed by atoms with Crippen molar-refractivity contribution >= 4 is 11.3 Å². The summed E-state index contributed by atoms with van der Waals surface area (Å²) in [5.74, 6) is 0.898. The van der Waals surface area contributed by atoms with Crippen molar-refractivity contribution in [2.75, 3.05) is 0 Å². The predicted octanol–water partition coefficient (Wildman–Crippen LogP) is 10.5. The SMILES string of the molecule is CCCCCCCCCCCCC(CCCCCCCCCC)Cc1[c]scc1. The topological polar surface area (TPSA) is 0 Å². The number of hydrogen-bond donors (Lipinski definition) is 0. The fourth-order valence-corrected chi connectivity index (χ4v) is 5.12. The Kier molecular flexibility index (Phi) is 19.3. The Morgan fingerprint density at radius 2 is 1.03 bits per heavy atom. The quantitative estimate of drug-likeness (QED) is 0.164. The molecule has 1 aromatic heterocycles. The van der Waals surface area contributed by atoms with E-state index in [1.54, 1.807) is 11.3 Å². The Labute approximate surface area is 188 Å². The molecule has 0 spiro atoms. The summed E-state index contributed by atoms with van der Waals surface area (Å²) in [7, 11) is 0. The van der Waals surface area contributed by atoms with E-state index in [1.165, 1.54) is 140 Å². The van der Waals surface area contributed by atoms with Crippen molar-refractivity contribution in [3.05, 3.63) is 22.4 Å². The van der Waals surface area contributed by atoms with Gasteiger partial charge in [-0.2, -0.15) is 0 Å². The Balaban J connectivity index is 2.07. The van der Waals surface area contributed by atoms with Gasteiger partial charge in [-0.15, -0.1) is 11.3 Å². The van der Waals surface area contributed by atoms with Gasteiger partial charge in [-0.05, 0) is 29.3 Å². The fraction of sp³-hybridized carbons (Fsp3) is 0.857. The normalized spacial score (nSPS) is 12.5. The van der Waals surface area contributed by atoms with E-state index in [-0.39, 0.29) is 0 Å². The Morgan fingerprint density at radius 3 is 1.41 bits per heavy atom. The number of thiophene rings is 1. The molecular weight excluding hydrogens is 368 g/mol. The van der Waals surface area contributed by atoms with Gasteiger partial charge in [0.2, 0.25) is 0 Å². The molecule has 1 radical (unpaired) electrons. The second kappa shape index (κ2) is 21.0. The molecule has 1 aromatic rings. The van der Waals surface area contributed by atoms with Crippen molar-refractivity contribution in [1.82, 2.24) is 0 Å². The highest BCUT2D eigenvalue weighted by Gasteiger charge is 2.10. The second-order valence-corrected chi connectivity index (χ2v) is 10.1. The van der Waals surface area contributed by atoms with Gasteiger partial charge in [0.15, 0.2) is 0 Å². The van der Waals surface area contributed by atoms with E-state index in [1.807, 2.05) is 0 Å². The van der Waals surface area contributed by atoms with Crippen molar-refractivity contribution in [3.63, 3.8) is 0 Å². The van der Waals surface area contributed by atoms with Crippen LogP contribution in [0.25, 0.3) is 0 Å². The molecule has 1 heterocycles. The summed E-state index contributed by atoms with van der Waals surface area (Å²) >= 11 is 1.74. The fourth-order valence-electron chi connectivity index (χ4n) is 4.52. The number of hydrogen-bond acceptors (Lipinski definition) is 1. The van der Waals surface area contributed by atoms with Gasteiger partial charge in [0, 0.05) is 5.38 Å². The van der Waals surface area contributed by atoms with E-state index in [9.17, 15) is 0 Å². The standard InChI is InChI=1S/C28H51S/c1-3-5-7-9-11-13-14-16-18-20-22-27(25-28-23-24-29-26-28)21-19-17-15-12-10-8-6-4-2/h23-24,27H,3-22,25H2,1-2H3. The first-order valence-corrected chi connectivity index (χ1v) is 14.2. The lowest BCUT2D eigenvalue weighted by molar-refractivity contribution is 0.400. The number of unbranched alkanes of at least 4 members (excludes halogenated alkanes) is 16. The van der Waals surface area contributed by atoms with Gasteiger partial charge in [0.1, 0.15) is 0 Å².